The van der Waals surface area contributed by atoms with Gasteiger partial charge in [0.2, 0.25) is 0 Å². The predicted molar refractivity (Wildman–Crippen MR) is 119 cm³/mol. The van der Waals surface area contributed by atoms with Gasteiger partial charge >= 0.3 is 0 Å². The molecule has 0 N–H and O–H groups in total. The van der Waals surface area contributed by atoms with Gasteiger partial charge in [0.25, 0.3) is 0 Å². The number of rotatable bonds is 0. The molecule has 0 nitrogen and oxygen atoms in total. The average molecular weight is 343 g/mol. The van der Waals surface area contributed by atoms with Crippen LogP contribution in [0.15, 0.2) is 134 Å². The highest BCUT2D eigenvalue weighted by atomic mass is 13.9. The lowest BCUT2D eigenvalue weighted by Crippen LogP contribution is -1.71. The molecule has 0 heterocycles. The first kappa shape index (κ1) is 21.2. The average Bonchev–Trinajstić information content (AvgIpc) is 2.65. The van der Waals surface area contributed by atoms with Crippen LogP contribution in [-0.4, -0.2) is 0 Å². The first-order chi connectivity index (χ1) is 13.0. The van der Waals surface area contributed by atoms with Gasteiger partial charge in [-0.3, -0.25) is 0 Å². The van der Waals surface area contributed by atoms with E-state index in [9.17, 15) is 0 Å². The Kier molecular flexibility index (Phi) is 15.1. The Morgan fingerprint density at radius 3 is 0.654 bits per heavy atom. The standard InChI is InChI=1S/C26H30/c1-2-4-6-8-10-12-14-16-18-20-22-24-26-25-23-21-19-17-15-13-11-9-7-5-3-1/h1-22H,23-26H2/b2-1+,5-3-,6-4+,9-7+,10-8+,13-11+,14-12-,17-15+,18-16+,21-19-,22-20?. The molecule has 0 amide bonds. The summed E-state index contributed by atoms with van der Waals surface area (Å²) in [4.78, 5) is 0. The van der Waals surface area contributed by atoms with E-state index in [1.165, 1.54) is 12.8 Å². The van der Waals surface area contributed by atoms with Crippen LogP contribution in [0.1, 0.15) is 25.7 Å². The minimum absolute atomic E-state index is 1.14. The van der Waals surface area contributed by atoms with Gasteiger partial charge in [0.15, 0.2) is 0 Å². The van der Waals surface area contributed by atoms with E-state index in [1.54, 1.807) is 0 Å². The zero-order valence-corrected chi connectivity index (χ0v) is 15.5. The fourth-order valence-corrected chi connectivity index (χ4v) is 2.03. The van der Waals surface area contributed by atoms with E-state index in [4.69, 9.17) is 0 Å². The van der Waals surface area contributed by atoms with Gasteiger partial charge in [-0.15, -0.1) is 0 Å². The third kappa shape index (κ3) is 16.0. The van der Waals surface area contributed by atoms with E-state index < -0.39 is 0 Å². The number of hydrogen-bond donors (Lipinski definition) is 0. The molecule has 26 heavy (non-hydrogen) atoms. The molecule has 0 saturated heterocycles. The van der Waals surface area contributed by atoms with Gasteiger partial charge in [0, 0.05) is 0 Å². The molecule has 134 valence electrons. The minimum atomic E-state index is 1.14. The van der Waals surface area contributed by atoms with Gasteiger partial charge in [0.05, 0.1) is 0 Å². The summed E-state index contributed by atoms with van der Waals surface area (Å²) < 4.78 is 0. The summed E-state index contributed by atoms with van der Waals surface area (Å²) in [5, 5.41) is 0. The maximum atomic E-state index is 2.23. The van der Waals surface area contributed by atoms with Crippen molar-refractivity contribution in [3.05, 3.63) is 134 Å². The maximum Gasteiger partial charge on any atom is -0.0347 e. The molecule has 0 spiro atoms. The normalized spacial score (nSPS) is 29.5. The van der Waals surface area contributed by atoms with Gasteiger partial charge in [0.1, 0.15) is 0 Å². The van der Waals surface area contributed by atoms with Crippen molar-refractivity contribution in [2.24, 2.45) is 0 Å². The Labute approximate surface area is 159 Å². The van der Waals surface area contributed by atoms with Crippen LogP contribution in [0.2, 0.25) is 0 Å². The smallest absolute Gasteiger partial charge is 0.0347 e. The molecule has 0 radical (unpaired) electrons. The fraction of sp³-hybridized carbons (Fsp3) is 0.154. The zero-order valence-electron chi connectivity index (χ0n) is 15.5. The third-order valence-electron chi connectivity index (χ3n) is 3.37. The molecule has 0 aromatic carbocycles. The first-order valence-electron chi connectivity index (χ1n) is 9.32. The Hall–Kier alpha value is -2.86. The van der Waals surface area contributed by atoms with E-state index in [1.807, 2.05) is 85.1 Å². The van der Waals surface area contributed by atoms with Crippen LogP contribution in [0, 0.1) is 0 Å². The summed E-state index contributed by atoms with van der Waals surface area (Å²) in [6.07, 6.45) is 50.0. The first-order valence-corrected chi connectivity index (χ1v) is 9.32. The van der Waals surface area contributed by atoms with Crippen LogP contribution < -0.4 is 0 Å². The molecule has 1 aliphatic rings. The van der Waals surface area contributed by atoms with Crippen LogP contribution in [0.5, 0.6) is 0 Å². The van der Waals surface area contributed by atoms with Crippen molar-refractivity contribution in [1.82, 2.24) is 0 Å². The molecule has 0 unspecified atom stereocenters. The molecule has 0 fully saturated rings. The largest absolute Gasteiger partial charge is 0.0845 e. The topological polar surface area (TPSA) is 0 Å². The lowest BCUT2D eigenvalue weighted by atomic mass is 10.2. The highest BCUT2D eigenvalue weighted by Gasteiger charge is 1.82. The van der Waals surface area contributed by atoms with Crippen LogP contribution in [-0.2, 0) is 0 Å². The summed E-state index contributed by atoms with van der Waals surface area (Å²) in [5.74, 6) is 0. The van der Waals surface area contributed by atoms with Crippen molar-refractivity contribution in [2.75, 3.05) is 0 Å². The molecule has 0 aromatic heterocycles. The third-order valence-corrected chi connectivity index (χ3v) is 3.37. The van der Waals surface area contributed by atoms with Gasteiger partial charge in [-0.05, 0) is 25.7 Å². The zero-order chi connectivity index (χ0) is 18.4. The Bertz CT molecular complexity index is 592. The lowest BCUT2D eigenvalue weighted by molar-refractivity contribution is 0.762. The van der Waals surface area contributed by atoms with E-state index in [0.717, 1.165) is 12.8 Å². The fourth-order valence-electron chi connectivity index (χ4n) is 2.03. The second-order valence-corrected chi connectivity index (χ2v) is 5.60. The highest BCUT2D eigenvalue weighted by Crippen LogP contribution is 2.02. The molecular formula is C26H30. The van der Waals surface area contributed by atoms with E-state index in [2.05, 4.69) is 48.6 Å². The van der Waals surface area contributed by atoms with E-state index in [-0.39, 0.29) is 0 Å². The minimum Gasteiger partial charge on any atom is -0.0845 e. The molecule has 0 aromatic rings. The molecular weight excluding hydrogens is 312 g/mol. The predicted octanol–water partition coefficient (Wildman–Crippen LogP) is 7.68. The van der Waals surface area contributed by atoms with Crippen LogP contribution in [0.25, 0.3) is 0 Å². The Morgan fingerprint density at radius 2 is 0.423 bits per heavy atom. The second kappa shape index (κ2) is 18.5. The van der Waals surface area contributed by atoms with Gasteiger partial charge < -0.3 is 0 Å². The molecule has 0 atom stereocenters. The van der Waals surface area contributed by atoms with Crippen LogP contribution in [0.3, 0.4) is 0 Å². The van der Waals surface area contributed by atoms with Crippen molar-refractivity contribution >= 4 is 0 Å². The second-order valence-electron chi connectivity index (χ2n) is 5.60. The SMILES string of the molecule is C1=CCCCC\C=C/C=C/C=C/C=C/C=C\C=C\C=C\C=C\C=C/C=C/1. The van der Waals surface area contributed by atoms with Crippen molar-refractivity contribution in [3.63, 3.8) is 0 Å². The summed E-state index contributed by atoms with van der Waals surface area (Å²) in [5.41, 5.74) is 0. The van der Waals surface area contributed by atoms with Crippen molar-refractivity contribution in [1.29, 1.82) is 0 Å². The summed E-state index contributed by atoms with van der Waals surface area (Å²) in [6.45, 7) is 0. The molecule has 0 saturated carbocycles. The van der Waals surface area contributed by atoms with Crippen molar-refractivity contribution in [2.45, 2.75) is 25.7 Å². The molecule has 0 heteroatoms. The number of hydrogen-bond acceptors (Lipinski definition) is 0. The Balaban J connectivity index is 2.55. The van der Waals surface area contributed by atoms with Gasteiger partial charge in [-0.1, -0.05) is 134 Å². The molecule has 0 bridgehead atoms. The summed E-state index contributed by atoms with van der Waals surface area (Å²) in [7, 11) is 0. The summed E-state index contributed by atoms with van der Waals surface area (Å²) in [6, 6.07) is 0. The maximum absolute atomic E-state index is 2.23. The van der Waals surface area contributed by atoms with Crippen molar-refractivity contribution in [3.8, 4) is 0 Å². The molecule has 1 rings (SSSR count). The Morgan fingerprint density at radius 1 is 0.231 bits per heavy atom. The number of allylic oxidation sites excluding steroid dienone is 22. The molecule has 0 aliphatic heterocycles. The lowest BCUT2D eigenvalue weighted by Gasteiger charge is -1.91. The van der Waals surface area contributed by atoms with Crippen molar-refractivity contribution < 1.29 is 0 Å². The quantitative estimate of drug-likeness (QED) is 0.423. The van der Waals surface area contributed by atoms with E-state index >= 15 is 0 Å². The highest BCUT2D eigenvalue weighted by molar-refractivity contribution is 5.22. The van der Waals surface area contributed by atoms with Crippen LogP contribution in [0.4, 0.5) is 0 Å². The monoisotopic (exact) mass is 342 g/mol. The summed E-state index contributed by atoms with van der Waals surface area (Å²) >= 11 is 0. The molecule has 1 aliphatic carbocycles. The van der Waals surface area contributed by atoms with Gasteiger partial charge in [-0.25, -0.2) is 0 Å². The van der Waals surface area contributed by atoms with E-state index in [0.29, 0.717) is 0 Å². The van der Waals surface area contributed by atoms with Gasteiger partial charge in [-0.2, -0.15) is 0 Å². The van der Waals surface area contributed by atoms with Crippen LogP contribution >= 0.6 is 0 Å².